The van der Waals surface area contributed by atoms with Crippen molar-refractivity contribution in [3.8, 4) is 5.75 Å². The molecule has 3 rings (SSSR count). The van der Waals surface area contributed by atoms with Crippen molar-refractivity contribution in [3.05, 3.63) is 29.3 Å². The Morgan fingerprint density at radius 1 is 1.04 bits per heavy atom. The summed E-state index contributed by atoms with van der Waals surface area (Å²) in [4.78, 5) is 19.6. The first-order valence-electron chi connectivity index (χ1n) is 10.3. The highest BCUT2D eigenvalue weighted by Gasteiger charge is 2.28. The summed E-state index contributed by atoms with van der Waals surface area (Å²) in [5, 5.41) is 0.656. The van der Waals surface area contributed by atoms with Crippen molar-refractivity contribution < 1.29 is 9.53 Å². The number of nitrogens with zero attached hydrogens (tertiary/aromatic N) is 3. The van der Waals surface area contributed by atoms with Crippen LogP contribution in [0.25, 0.3) is 0 Å². The summed E-state index contributed by atoms with van der Waals surface area (Å²) in [5.41, 5.74) is 0. The molecule has 0 aliphatic carbocycles. The normalized spacial score (nSPS) is 20.9. The lowest BCUT2D eigenvalue weighted by molar-refractivity contribution is -0.137. The van der Waals surface area contributed by atoms with E-state index in [2.05, 4.69) is 21.6 Å². The molecule has 0 saturated carbocycles. The lowest BCUT2D eigenvalue weighted by Gasteiger charge is -2.38. The maximum atomic E-state index is 12.8. The van der Waals surface area contributed by atoms with Crippen molar-refractivity contribution in [3.63, 3.8) is 0 Å². The molecule has 1 unspecified atom stereocenters. The van der Waals surface area contributed by atoms with E-state index in [1.807, 2.05) is 24.3 Å². The number of para-hydroxylation sites is 1. The molecule has 27 heavy (non-hydrogen) atoms. The van der Waals surface area contributed by atoms with Crippen LogP contribution in [0.3, 0.4) is 0 Å². The summed E-state index contributed by atoms with van der Waals surface area (Å²) in [6.07, 6.45) is 4.82. The molecule has 2 heterocycles. The Morgan fingerprint density at radius 2 is 1.70 bits per heavy atom. The van der Waals surface area contributed by atoms with Crippen molar-refractivity contribution in [2.45, 2.75) is 38.6 Å². The van der Waals surface area contributed by atoms with Crippen LogP contribution in [0.2, 0.25) is 5.02 Å². The van der Waals surface area contributed by atoms with Crippen LogP contribution in [0.15, 0.2) is 24.3 Å². The van der Waals surface area contributed by atoms with Gasteiger partial charge in [-0.2, -0.15) is 0 Å². The Balaban J connectivity index is 1.39. The van der Waals surface area contributed by atoms with Gasteiger partial charge < -0.3 is 9.64 Å². The highest BCUT2D eigenvalue weighted by molar-refractivity contribution is 6.32. The van der Waals surface area contributed by atoms with Gasteiger partial charge in [-0.05, 0) is 31.9 Å². The number of ether oxygens (including phenoxy) is 1. The van der Waals surface area contributed by atoms with Crippen molar-refractivity contribution >= 4 is 17.5 Å². The fraction of sp³-hybridized carbons (Fsp3) is 0.667. The van der Waals surface area contributed by atoms with Gasteiger partial charge in [0, 0.05) is 45.8 Å². The van der Waals surface area contributed by atoms with Crippen LogP contribution >= 0.6 is 11.6 Å². The van der Waals surface area contributed by atoms with Crippen LogP contribution in [-0.4, -0.2) is 79.1 Å². The number of rotatable bonds is 6. The van der Waals surface area contributed by atoms with Crippen LogP contribution in [0, 0.1) is 0 Å². The van der Waals surface area contributed by atoms with E-state index in [0.29, 0.717) is 17.5 Å². The number of carbonyl (C=O) groups is 1. The molecule has 1 aromatic carbocycles. The number of carbonyl (C=O) groups excluding carboxylic acids is 1. The summed E-state index contributed by atoms with van der Waals surface area (Å²) in [7, 11) is 0. The fourth-order valence-corrected chi connectivity index (χ4v) is 4.12. The van der Waals surface area contributed by atoms with Crippen molar-refractivity contribution in [2.24, 2.45) is 0 Å². The SMILES string of the molecule is CC(C(=O)N1CCCCCC1)N1CCN(CCOc2ccccc2Cl)CC1. The van der Waals surface area contributed by atoms with Gasteiger partial charge in [-0.3, -0.25) is 14.6 Å². The zero-order valence-corrected chi connectivity index (χ0v) is 17.2. The maximum Gasteiger partial charge on any atom is 0.239 e. The van der Waals surface area contributed by atoms with Crippen molar-refractivity contribution in [1.82, 2.24) is 14.7 Å². The molecule has 1 atom stereocenters. The van der Waals surface area contributed by atoms with Crippen LogP contribution in [-0.2, 0) is 4.79 Å². The Labute approximate surface area is 168 Å². The molecule has 1 aromatic rings. The van der Waals surface area contributed by atoms with Gasteiger partial charge in [0.25, 0.3) is 0 Å². The topological polar surface area (TPSA) is 36.0 Å². The van der Waals surface area contributed by atoms with Crippen LogP contribution < -0.4 is 4.74 Å². The Morgan fingerprint density at radius 3 is 2.37 bits per heavy atom. The predicted octanol–water partition coefficient (Wildman–Crippen LogP) is 3.13. The molecule has 150 valence electrons. The molecule has 0 N–H and O–H groups in total. The molecule has 5 nitrogen and oxygen atoms in total. The van der Waals surface area contributed by atoms with E-state index in [0.717, 1.165) is 64.4 Å². The molecule has 2 saturated heterocycles. The molecule has 0 spiro atoms. The van der Waals surface area contributed by atoms with Gasteiger partial charge >= 0.3 is 0 Å². The number of piperazine rings is 1. The average molecular weight is 394 g/mol. The number of halogens is 1. The van der Waals surface area contributed by atoms with Crippen molar-refractivity contribution in [1.29, 1.82) is 0 Å². The molecule has 0 aromatic heterocycles. The first kappa shape index (κ1) is 20.4. The third-order valence-corrected chi connectivity index (χ3v) is 6.04. The van der Waals surface area contributed by atoms with Gasteiger partial charge in [0.1, 0.15) is 12.4 Å². The number of hydrogen-bond donors (Lipinski definition) is 0. The number of likely N-dealkylation sites (tertiary alicyclic amines) is 1. The molecular weight excluding hydrogens is 362 g/mol. The zero-order chi connectivity index (χ0) is 19.1. The minimum Gasteiger partial charge on any atom is -0.491 e. The average Bonchev–Trinajstić information content (AvgIpc) is 2.98. The number of amides is 1. The van der Waals surface area contributed by atoms with E-state index < -0.39 is 0 Å². The van der Waals surface area contributed by atoms with Gasteiger partial charge in [-0.1, -0.05) is 36.6 Å². The van der Waals surface area contributed by atoms with Crippen molar-refractivity contribution in [2.75, 3.05) is 52.4 Å². The lowest BCUT2D eigenvalue weighted by Crippen LogP contribution is -2.55. The summed E-state index contributed by atoms with van der Waals surface area (Å²) in [6.45, 7) is 9.28. The first-order chi connectivity index (χ1) is 13.1. The fourth-order valence-electron chi connectivity index (χ4n) is 3.93. The van der Waals surface area contributed by atoms with E-state index in [4.69, 9.17) is 16.3 Å². The Hall–Kier alpha value is -1.30. The highest BCUT2D eigenvalue weighted by atomic mass is 35.5. The number of hydrogen-bond acceptors (Lipinski definition) is 4. The summed E-state index contributed by atoms with van der Waals surface area (Å²) < 4.78 is 5.80. The van der Waals surface area contributed by atoms with E-state index in [1.165, 1.54) is 12.8 Å². The van der Waals surface area contributed by atoms with Gasteiger partial charge in [0.2, 0.25) is 5.91 Å². The minimum atomic E-state index is -0.00961. The third-order valence-electron chi connectivity index (χ3n) is 5.73. The monoisotopic (exact) mass is 393 g/mol. The minimum absolute atomic E-state index is 0.00961. The largest absolute Gasteiger partial charge is 0.491 e. The molecule has 0 bridgehead atoms. The van der Waals surface area contributed by atoms with Gasteiger partial charge in [0.15, 0.2) is 0 Å². The van der Waals surface area contributed by atoms with E-state index in [9.17, 15) is 4.79 Å². The molecule has 0 radical (unpaired) electrons. The van der Waals surface area contributed by atoms with Crippen LogP contribution in [0.5, 0.6) is 5.75 Å². The summed E-state index contributed by atoms with van der Waals surface area (Å²) in [6, 6.07) is 7.57. The molecule has 2 fully saturated rings. The standard InChI is InChI=1S/C21H32ClN3O2/c1-18(21(26)25-10-6-2-3-7-11-25)24-14-12-23(13-15-24)16-17-27-20-9-5-4-8-19(20)22/h4-5,8-9,18H,2-3,6-7,10-17H2,1H3. The third kappa shape index (κ3) is 5.84. The Kier molecular flexibility index (Phi) is 7.80. The Bertz CT molecular complexity index is 597. The summed E-state index contributed by atoms with van der Waals surface area (Å²) in [5.74, 6) is 1.06. The molecule has 1 amide bonds. The summed E-state index contributed by atoms with van der Waals surface area (Å²) >= 11 is 6.12. The van der Waals surface area contributed by atoms with E-state index in [1.54, 1.807) is 0 Å². The molecule has 2 aliphatic rings. The van der Waals surface area contributed by atoms with Gasteiger partial charge in [-0.25, -0.2) is 0 Å². The smallest absolute Gasteiger partial charge is 0.239 e. The number of benzene rings is 1. The second-order valence-corrected chi connectivity index (χ2v) is 7.98. The highest BCUT2D eigenvalue weighted by Crippen LogP contribution is 2.23. The van der Waals surface area contributed by atoms with Gasteiger partial charge in [0.05, 0.1) is 11.1 Å². The van der Waals surface area contributed by atoms with E-state index in [-0.39, 0.29) is 6.04 Å². The predicted molar refractivity (Wildman–Crippen MR) is 109 cm³/mol. The maximum absolute atomic E-state index is 12.8. The first-order valence-corrected chi connectivity index (χ1v) is 10.7. The van der Waals surface area contributed by atoms with E-state index >= 15 is 0 Å². The second-order valence-electron chi connectivity index (χ2n) is 7.57. The zero-order valence-electron chi connectivity index (χ0n) is 16.4. The second kappa shape index (κ2) is 10.3. The van der Waals surface area contributed by atoms with Gasteiger partial charge in [-0.15, -0.1) is 0 Å². The molecule has 6 heteroatoms. The lowest BCUT2D eigenvalue weighted by atomic mass is 10.2. The molecule has 2 aliphatic heterocycles. The van der Waals surface area contributed by atoms with Crippen LogP contribution in [0.4, 0.5) is 0 Å². The van der Waals surface area contributed by atoms with Crippen LogP contribution in [0.1, 0.15) is 32.6 Å². The quantitative estimate of drug-likeness (QED) is 0.744. The molecular formula is C21H32ClN3O2.